The predicted molar refractivity (Wildman–Crippen MR) is 74.6 cm³/mol. The number of furan rings is 1. The van der Waals surface area contributed by atoms with E-state index in [1.54, 1.807) is 12.5 Å². The third-order valence-corrected chi connectivity index (χ3v) is 3.15. The third kappa shape index (κ3) is 4.46. The Morgan fingerprint density at radius 1 is 1.10 bits per heavy atom. The highest BCUT2D eigenvalue weighted by molar-refractivity contribution is 5.20. The topological polar surface area (TPSA) is 25.2 Å². The summed E-state index contributed by atoms with van der Waals surface area (Å²) in [6.45, 7) is 2.96. The minimum Gasteiger partial charge on any atom is -0.472 e. The Balaban J connectivity index is 2.05. The molecule has 2 nitrogen and oxygen atoms in total. The Hall–Kier alpha value is -1.68. The lowest BCUT2D eigenvalue weighted by atomic mass is 10.00. The summed E-state index contributed by atoms with van der Waals surface area (Å²) >= 11 is 0. The van der Waals surface area contributed by atoms with Gasteiger partial charge in [0.2, 0.25) is 0 Å². The first-order valence-electron chi connectivity index (χ1n) is 6.87. The van der Waals surface area contributed by atoms with Crippen LogP contribution in [0.3, 0.4) is 0 Å². The van der Waals surface area contributed by atoms with Crippen molar-refractivity contribution in [2.45, 2.75) is 32.2 Å². The zero-order chi connectivity index (χ0) is 14.4. The van der Waals surface area contributed by atoms with Gasteiger partial charge in [0.1, 0.15) is 11.6 Å². The molecule has 0 aliphatic heterocycles. The van der Waals surface area contributed by atoms with Crippen LogP contribution in [0.4, 0.5) is 8.78 Å². The van der Waals surface area contributed by atoms with Crippen molar-refractivity contribution in [2.75, 3.05) is 6.54 Å². The molecule has 1 heterocycles. The normalized spacial score (nSPS) is 12.6. The van der Waals surface area contributed by atoms with Crippen molar-refractivity contribution in [3.63, 3.8) is 0 Å². The fraction of sp³-hybridized carbons (Fsp3) is 0.375. The smallest absolute Gasteiger partial charge is 0.126 e. The van der Waals surface area contributed by atoms with Crippen molar-refractivity contribution in [1.82, 2.24) is 5.32 Å². The molecule has 0 aliphatic carbocycles. The zero-order valence-electron chi connectivity index (χ0n) is 11.5. The quantitative estimate of drug-likeness (QED) is 0.835. The monoisotopic (exact) mass is 279 g/mol. The van der Waals surface area contributed by atoms with Crippen molar-refractivity contribution in [3.8, 4) is 0 Å². The first-order chi connectivity index (χ1) is 9.67. The summed E-state index contributed by atoms with van der Waals surface area (Å²) in [5, 5.41) is 3.41. The van der Waals surface area contributed by atoms with Crippen molar-refractivity contribution in [2.24, 2.45) is 0 Å². The van der Waals surface area contributed by atoms with E-state index in [4.69, 9.17) is 4.42 Å². The summed E-state index contributed by atoms with van der Waals surface area (Å²) in [6.07, 6.45) is 5.70. The average Bonchev–Trinajstić information content (AvgIpc) is 2.87. The first kappa shape index (κ1) is 14.7. The van der Waals surface area contributed by atoms with Gasteiger partial charge >= 0.3 is 0 Å². The summed E-state index contributed by atoms with van der Waals surface area (Å²) in [7, 11) is 0. The lowest BCUT2D eigenvalue weighted by Crippen LogP contribution is -2.33. The molecule has 20 heavy (non-hydrogen) atoms. The van der Waals surface area contributed by atoms with Gasteiger partial charge in [0.25, 0.3) is 0 Å². The molecule has 0 aliphatic rings. The van der Waals surface area contributed by atoms with Crippen LogP contribution in [-0.4, -0.2) is 12.6 Å². The molecule has 1 atom stereocenters. The first-order valence-corrected chi connectivity index (χ1v) is 6.87. The van der Waals surface area contributed by atoms with Gasteiger partial charge in [-0.1, -0.05) is 6.92 Å². The van der Waals surface area contributed by atoms with Gasteiger partial charge in [-0.2, -0.15) is 0 Å². The van der Waals surface area contributed by atoms with Crippen LogP contribution in [0.5, 0.6) is 0 Å². The van der Waals surface area contributed by atoms with E-state index in [1.165, 1.54) is 12.1 Å². The Morgan fingerprint density at radius 3 is 2.40 bits per heavy atom. The van der Waals surface area contributed by atoms with Gasteiger partial charge in [0.05, 0.1) is 12.5 Å². The fourth-order valence-corrected chi connectivity index (χ4v) is 2.27. The molecule has 1 unspecified atom stereocenters. The third-order valence-electron chi connectivity index (χ3n) is 3.15. The Morgan fingerprint density at radius 2 is 1.80 bits per heavy atom. The Labute approximate surface area is 117 Å². The molecule has 0 bridgehead atoms. The molecule has 0 fully saturated rings. The van der Waals surface area contributed by atoms with Crippen LogP contribution in [0.25, 0.3) is 0 Å². The maximum absolute atomic E-state index is 13.2. The SMILES string of the molecule is CCCNC(Cc1ccoc1)Cc1cc(F)cc(F)c1. The van der Waals surface area contributed by atoms with Gasteiger partial charge in [-0.15, -0.1) is 0 Å². The van der Waals surface area contributed by atoms with Gasteiger partial charge in [0, 0.05) is 12.1 Å². The van der Waals surface area contributed by atoms with E-state index in [2.05, 4.69) is 12.2 Å². The van der Waals surface area contributed by atoms with Crippen LogP contribution in [-0.2, 0) is 12.8 Å². The highest BCUT2D eigenvalue weighted by atomic mass is 19.1. The summed E-state index contributed by atoms with van der Waals surface area (Å²) in [4.78, 5) is 0. The Bertz CT molecular complexity index is 505. The van der Waals surface area contributed by atoms with E-state index in [-0.39, 0.29) is 6.04 Å². The Kier molecular flexibility index (Phi) is 5.30. The maximum atomic E-state index is 13.2. The van der Waals surface area contributed by atoms with Crippen molar-refractivity contribution < 1.29 is 13.2 Å². The molecule has 0 saturated carbocycles. The summed E-state index contributed by atoms with van der Waals surface area (Å²) in [5.41, 5.74) is 1.75. The predicted octanol–water partition coefficient (Wildman–Crippen LogP) is 3.71. The second-order valence-corrected chi connectivity index (χ2v) is 4.97. The molecule has 4 heteroatoms. The van der Waals surface area contributed by atoms with E-state index in [1.807, 2.05) is 6.07 Å². The van der Waals surface area contributed by atoms with Gasteiger partial charge in [-0.3, -0.25) is 0 Å². The molecule has 2 rings (SSSR count). The molecule has 0 spiro atoms. The highest BCUT2D eigenvalue weighted by Crippen LogP contribution is 2.13. The van der Waals surface area contributed by atoms with E-state index < -0.39 is 11.6 Å². The van der Waals surface area contributed by atoms with Gasteiger partial charge in [-0.25, -0.2) is 8.78 Å². The van der Waals surface area contributed by atoms with Gasteiger partial charge < -0.3 is 9.73 Å². The van der Waals surface area contributed by atoms with Crippen LogP contribution in [0.2, 0.25) is 0 Å². The molecule has 0 amide bonds. The minimum atomic E-state index is -0.530. The van der Waals surface area contributed by atoms with Crippen molar-refractivity contribution in [1.29, 1.82) is 0 Å². The van der Waals surface area contributed by atoms with E-state index in [0.717, 1.165) is 31.0 Å². The van der Waals surface area contributed by atoms with Gasteiger partial charge in [0.15, 0.2) is 0 Å². The lowest BCUT2D eigenvalue weighted by molar-refractivity contribution is 0.496. The number of rotatable bonds is 7. The molecule has 108 valence electrons. The number of halogens is 2. The molecule has 0 radical (unpaired) electrons. The standard InChI is InChI=1S/C16H19F2NO/c1-2-4-19-16(8-12-3-5-20-11-12)9-13-6-14(17)10-15(18)7-13/h3,5-7,10-11,16,19H,2,4,8-9H2,1H3. The second kappa shape index (κ2) is 7.20. The summed E-state index contributed by atoms with van der Waals surface area (Å²) in [5.74, 6) is -1.06. The lowest BCUT2D eigenvalue weighted by Gasteiger charge is -2.18. The average molecular weight is 279 g/mol. The molecular weight excluding hydrogens is 260 g/mol. The van der Waals surface area contributed by atoms with Crippen LogP contribution in [0.1, 0.15) is 24.5 Å². The molecule has 0 saturated heterocycles. The van der Waals surface area contributed by atoms with Crippen molar-refractivity contribution in [3.05, 3.63) is 59.6 Å². The molecular formula is C16H19F2NO. The zero-order valence-corrected chi connectivity index (χ0v) is 11.5. The highest BCUT2D eigenvalue weighted by Gasteiger charge is 2.12. The molecule has 1 aromatic heterocycles. The van der Waals surface area contributed by atoms with Crippen LogP contribution < -0.4 is 5.32 Å². The molecule has 1 aromatic carbocycles. The summed E-state index contributed by atoms with van der Waals surface area (Å²) in [6, 6.07) is 5.72. The summed E-state index contributed by atoms with van der Waals surface area (Å²) < 4.78 is 31.5. The number of nitrogens with one attached hydrogen (secondary N) is 1. The van der Waals surface area contributed by atoms with Crippen LogP contribution in [0, 0.1) is 11.6 Å². The van der Waals surface area contributed by atoms with Crippen LogP contribution >= 0.6 is 0 Å². The van der Waals surface area contributed by atoms with E-state index >= 15 is 0 Å². The largest absolute Gasteiger partial charge is 0.472 e. The minimum absolute atomic E-state index is 0.133. The molecule has 2 aromatic rings. The second-order valence-electron chi connectivity index (χ2n) is 4.97. The number of hydrogen-bond acceptors (Lipinski definition) is 2. The fourth-order valence-electron chi connectivity index (χ4n) is 2.27. The number of hydrogen-bond donors (Lipinski definition) is 1. The molecule has 1 N–H and O–H groups in total. The van der Waals surface area contributed by atoms with E-state index in [0.29, 0.717) is 12.0 Å². The van der Waals surface area contributed by atoms with Crippen LogP contribution in [0.15, 0.2) is 41.2 Å². The number of benzene rings is 1. The maximum Gasteiger partial charge on any atom is 0.126 e. The van der Waals surface area contributed by atoms with Gasteiger partial charge in [-0.05, 0) is 55.1 Å². The van der Waals surface area contributed by atoms with Crippen molar-refractivity contribution >= 4 is 0 Å². The van der Waals surface area contributed by atoms with E-state index in [9.17, 15) is 8.78 Å².